The zero-order valence-electron chi connectivity index (χ0n) is 11.9. The van der Waals surface area contributed by atoms with Gasteiger partial charge in [-0.3, -0.25) is 9.59 Å². The Hall–Kier alpha value is -0.710. The van der Waals surface area contributed by atoms with Gasteiger partial charge < -0.3 is 10.2 Å². The van der Waals surface area contributed by atoms with Gasteiger partial charge in [0.25, 0.3) is 0 Å². The van der Waals surface area contributed by atoms with Gasteiger partial charge in [0.15, 0.2) is 0 Å². The molecule has 19 heavy (non-hydrogen) atoms. The zero-order valence-corrected chi connectivity index (χ0v) is 12.7. The molecule has 2 aliphatic rings. The van der Waals surface area contributed by atoms with Crippen molar-refractivity contribution in [2.24, 2.45) is 0 Å². The highest BCUT2D eigenvalue weighted by Gasteiger charge is 2.50. The van der Waals surface area contributed by atoms with Crippen LogP contribution in [-0.2, 0) is 9.59 Å². The molecule has 0 radical (unpaired) electrons. The number of nitrogens with one attached hydrogen (secondary N) is 1. The number of piperazine rings is 1. The summed E-state index contributed by atoms with van der Waals surface area (Å²) in [5.74, 6) is 2.33. The quantitative estimate of drug-likeness (QED) is 0.783. The van der Waals surface area contributed by atoms with Crippen molar-refractivity contribution in [1.29, 1.82) is 0 Å². The fourth-order valence-electron chi connectivity index (χ4n) is 3.08. The van der Waals surface area contributed by atoms with Crippen molar-refractivity contribution >= 4 is 23.6 Å². The highest BCUT2D eigenvalue weighted by Crippen LogP contribution is 2.34. The van der Waals surface area contributed by atoms with Crippen LogP contribution in [0, 0.1) is 0 Å². The largest absolute Gasteiger partial charge is 0.340 e. The first-order valence-electron chi connectivity index (χ1n) is 7.31. The topological polar surface area (TPSA) is 49.4 Å². The van der Waals surface area contributed by atoms with Gasteiger partial charge >= 0.3 is 0 Å². The maximum atomic E-state index is 12.7. The molecule has 1 unspecified atom stereocenters. The number of hydrogen-bond acceptors (Lipinski definition) is 3. The summed E-state index contributed by atoms with van der Waals surface area (Å²) < 4.78 is 0. The Balaban J connectivity index is 2.02. The number of thioether (sulfide) groups is 1. The number of carbonyl (C=O) groups is 2. The van der Waals surface area contributed by atoms with Gasteiger partial charge in [0.05, 0.1) is 0 Å². The molecule has 108 valence electrons. The molecule has 2 amide bonds. The zero-order chi connectivity index (χ0) is 13.9. The molecule has 1 heterocycles. The summed E-state index contributed by atoms with van der Waals surface area (Å²) in [6.45, 7) is 4.69. The highest BCUT2D eigenvalue weighted by molar-refractivity contribution is 7.99. The monoisotopic (exact) mass is 284 g/mol. The summed E-state index contributed by atoms with van der Waals surface area (Å²) in [6.07, 6.45) is 4.67. The molecule has 1 aliphatic heterocycles. The summed E-state index contributed by atoms with van der Waals surface area (Å²) in [7, 11) is 0. The summed E-state index contributed by atoms with van der Waals surface area (Å²) in [5.41, 5.74) is -0.568. The van der Waals surface area contributed by atoms with E-state index in [-0.39, 0.29) is 17.9 Å². The molecule has 4 nitrogen and oxygen atoms in total. The molecule has 1 saturated heterocycles. The maximum Gasteiger partial charge on any atom is 0.248 e. The normalized spacial score (nSPS) is 26.0. The third-order valence-corrected chi connectivity index (χ3v) is 5.21. The van der Waals surface area contributed by atoms with Gasteiger partial charge in [-0.15, -0.1) is 0 Å². The van der Waals surface area contributed by atoms with Gasteiger partial charge in [0.2, 0.25) is 11.8 Å². The average molecular weight is 284 g/mol. The van der Waals surface area contributed by atoms with E-state index in [0.717, 1.165) is 43.6 Å². The van der Waals surface area contributed by atoms with Crippen LogP contribution < -0.4 is 5.32 Å². The standard InChI is InChI=1S/C14H24N2O2S/c1-3-19-10-6-9-16-11(2)12(17)15-14(13(16)18)7-4-5-8-14/h11H,3-10H2,1-2H3,(H,15,17). The Morgan fingerprint density at radius 2 is 2.05 bits per heavy atom. The van der Waals surface area contributed by atoms with E-state index in [4.69, 9.17) is 0 Å². The number of hydrogen-bond donors (Lipinski definition) is 1. The van der Waals surface area contributed by atoms with Crippen molar-refractivity contribution in [3.8, 4) is 0 Å². The molecule has 0 aromatic heterocycles. The first-order chi connectivity index (χ1) is 9.10. The van der Waals surface area contributed by atoms with Gasteiger partial charge in [-0.1, -0.05) is 19.8 Å². The van der Waals surface area contributed by atoms with Crippen LogP contribution in [0.4, 0.5) is 0 Å². The van der Waals surface area contributed by atoms with Gasteiger partial charge in [0, 0.05) is 6.54 Å². The van der Waals surface area contributed by atoms with Gasteiger partial charge in [0.1, 0.15) is 11.6 Å². The van der Waals surface area contributed by atoms with Crippen LogP contribution in [0.15, 0.2) is 0 Å². The van der Waals surface area contributed by atoms with Crippen molar-refractivity contribution in [3.05, 3.63) is 0 Å². The molecule has 0 aromatic rings. The summed E-state index contributed by atoms with van der Waals surface area (Å²) >= 11 is 1.89. The molecule has 0 aromatic carbocycles. The Labute approximate surface area is 119 Å². The second-order valence-electron chi connectivity index (χ2n) is 5.50. The van der Waals surface area contributed by atoms with Crippen molar-refractivity contribution in [2.45, 2.75) is 57.5 Å². The second kappa shape index (κ2) is 6.16. The predicted octanol–water partition coefficient (Wildman–Crippen LogP) is 1.79. The minimum absolute atomic E-state index is 0.0182. The Kier molecular flexibility index (Phi) is 4.76. The van der Waals surface area contributed by atoms with Crippen molar-refractivity contribution in [2.75, 3.05) is 18.1 Å². The summed E-state index contributed by atoms with van der Waals surface area (Å²) in [6, 6.07) is -0.314. The third kappa shape index (κ3) is 2.91. The average Bonchev–Trinajstić information content (AvgIpc) is 2.85. The molecule has 5 heteroatoms. The maximum absolute atomic E-state index is 12.7. The lowest BCUT2D eigenvalue weighted by atomic mass is 9.91. The lowest BCUT2D eigenvalue weighted by molar-refractivity contribution is -0.154. The lowest BCUT2D eigenvalue weighted by Gasteiger charge is -2.43. The number of nitrogens with zero attached hydrogens (tertiary/aromatic N) is 1. The molecule has 1 N–H and O–H groups in total. The van der Waals surface area contributed by atoms with E-state index in [1.807, 2.05) is 18.7 Å². The first-order valence-corrected chi connectivity index (χ1v) is 8.47. The molecule has 1 aliphatic carbocycles. The van der Waals surface area contributed by atoms with Crippen LogP contribution in [0.25, 0.3) is 0 Å². The molecule has 1 atom stereocenters. The third-order valence-electron chi connectivity index (χ3n) is 4.23. The van der Waals surface area contributed by atoms with E-state index in [1.165, 1.54) is 0 Å². The Bertz CT molecular complexity index is 353. The van der Waals surface area contributed by atoms with Gasteiger partial charge in [-0.2, -0.15) is 11.8 Å². The SMILES string of the molecule is CCSCCCN1C(=O)C2(CCCC2)NC(=O)C1C. The fraction of sp³-hybridized carbons (Fsp3) is 0.857. The van der Waals surface area contributed by atoms with E-state index >= 15 is 0 Å². The molecular formula is C14H24N2O2S. The number of carbonyl (C=O) groups excluding carboxylic acids is 2. The molecular weight excluding hydrogens is 260 g/mol. The van der Waals surface area contributed by atoms with Gasteiger partial charge in [-0.05, 0) is 37.7 Å². The summed E-state index contributed by atoms with van der Waals surface area (Å²) in [4.78, 5) is 26.6. The predicted molar refractivity (Wildman–Crippen MR) is 78.1 cm³/mol. The van der Waals surface area contributed by atoms with Crippen LogP contribution in [0.1, 0.15) is 46.0 Å². The number of rotatable bonds is 5. The molecule has 2 rings (SSSR count). The van der Waals surface area contributed by atoms with Crippen LogP contribution in [0.5, 0.6) is 0 Å². The molecule has 0 bridgehead atoms. The van der Waals surface area contributed by atoms with Crippen LogP contribution in [0.3, 0.4) is 0 Å². The van der Waals surface area contributed by atoms with Crippen LogP contribution in [-0.4, -0.2) is 46.3 Å². The molecule has 1 saturated carbocycles. The second-order valence-corrected chi connectivity index (χ2v) is 6.90. The van der Waals surface area contributed by atoms with E-state index in [0.29, 0.717) is 6.54 Å². The van der Waals surface area contributed by atoms with Crippen LogP contribution >= 0.6 is 11.8 Å². The highest BCUT2D eigenvalue weighted by atomic mass is 32.2. The molecule has 1 spiro atoms. The first kappa shape index (κ1) is 14.7. The van der Waals surface area contributed by atoms with E-state index in [1.54, 1.807) is 4.90 Å². The van der Waals surface area contributed by atoms with E-state index < -0.39 is 5.54 Å². The minimum atomic E-state index is -0.568. The number of amides is 2. The van der Waals surface area contributed by atoms with Crippen LogP contribution in [0.2, 0.25) is 0 Å². The van der Waals surface area contributed by atoms with Crippen molar-refractivity contribution in [3.63, 3.8) is 0 Å². The fourth-order valence-corrected chi connectivity index (χ4v) is 3.70. The lowest BCUT2D eigenvalue weighted by Crippen LogP contribution is -2.68. The molecule has 2 fully saturated rings. The smallest absolute Gasteiger partial charge is 0.248 e. The van der Waals surface area contributed by atoms with Gasteiger partial charge in [-0.25, -0.2) is 0 Å². The van der Waals surface area contributed by atoms with Crippen molar-refractivity contribution in [1.82, 2.24) is 10.2 Å². The Morgan fingerprint density at radius 1 is 1.37 bits per heavy atom. The Morgan fingerprint density at radius 3 is 2.68 bits per heavy atom. The van der Waals surface area contributed by atoms with E-state index in [9.17, 15) is 9.59 Å². The summed E-state index contributed by atoms with van der Waals surface area (Å²) in [5, 5.41) is 2.99. The van der Waals surface area contributed by atoms with E-state index in [2.05, 4.69) is 12.2 Å². The van der Waals surface area contributed by atoms with Crippen molar-refractivity contribution < 1.29 is 9.59 Å². The minimum Gasteiger partial charge on any atom is -0.340 e.